The van der Waals surface area contributed by atoms with Crippen LogP contribution in [0.4, 0.5) is 0 Å². The van der Waals surface area contributed by atoms with Crippen LogP contribution in [0.15, 0.2) is 28.7 Å². The molecule has 0 aromatic heterocycles. The van der Waals surface area contributed by atoms with Crippen LogP contribution in [-0.2, 0) is 11.3 Å². The first-order chi connectivity index (χ1) is 9.15. The van der Waals surface area contributed by atoms with Crippen LogP contribution in [0.1, 0.15) is 31.2 Å². The van der Waals surface area contributed by atoms with Crippen LogP contribution in [0, 0.1) is 17.8 Å². The SMILES string of the molecule is CN(Cc1ccccc1Br)C(=O)C1CC2CCC1C2. The number of nitrogens with zero attached hydrogens (tertiary/aromatic N) is 1. The van der Waals surface area contributed by atoms with Gasteiger partial charge in [0.1, 0.15) is 0 Å². The summed E-state index contributed by atoms with van der Waals surface area (Å²) in [6.07, 6.45) is 5.04. The summed E-state index contributed by atoms with van der Waals surface area (Å²) in [7, 11) is 1.94. The Morgan fingerprint density at radius 2 is 2.11 bits per heavy atom. The molecule has 2 fully saturated rings. The van der Waals surface area contributed by atoms with E-state index in [0.717, 1.165) is 16.8 Å². The number of benzene rings is 1. The minimum Gasteiger partial charge on any atom is -0.341 e. The third-order valence-electron chi connectivity index (χ3n) is 4.80. The molecular formula is C16H20BrNO. The number of carbonyl (C=O) groups excluding carboxylic acids is 1. The summed E-state index contributed by atoms with van der Waals surface area (Å²) in [5.41, 5.74) is 1.18. The number of halogens is 1. The van der Waals surface area contributed by atoms with Gasteiger partial charge in [-0.2, -0.15) is 0 Å². The molecule has 2 bridgehead atoms. The van der Waals surface area contributed by atoms with Gasteiger partial charge in [0.2, 0.25) is 5.91 Å². The van der Waals surface area contributed by atoms with Crippen molar-refractivity contribution in [3.05, 3.63) is 34.3 Å². The lowest BCUT2D eigenvalue weighted by molar-refractivity contribution is -0.136. The van der Waals surface area contributed by atoms with Gasteiger partial charge >= 0.3 is 0 Å². The van der Waals surface area contributed by atoms with Gasteiger partial charge in [0, 0.05) is 24.0 Å². The minimum absolute atomic E-state index is 0.297. The van der Waals surface area contributed by atoms with Crippen LogP contribution < -0.4 is 0 Å². The number of rotatable bonds is 3. The Balaban J connectivity index is 1.66. The molecule has 3 heteroatoms. The van der Waals surface area contributed by atoms with Crippen LogP contribution in [0.3, 0.4) is 0 Å². The number of fused-ring (bicyclic) bond motifs is 2. The normalized spacial score (nSPS) is 28.6. The molecule has 1 aromatic carbocycles. The van der Waals surface area contributed by atoms with Gasteiger partial charge in [-0.3, -0.25) is 4.79 Å². The molecule has 2 aliphatic rings. The van der Waals surface area contributed by atoms with Gasteiger partial charge < -0.3 is 4.90 Å². The third kappa shape index (κ3) is 2.58. The van der Waals surface area contributed by atoms with Crippen molar-refractivity contribution in [2.75, 3.05) is 7.05 Å². The molecule has 3 rings (SSSR count). The Bertz CT molecular complexity index is 487. The second-order valence-electron chi connectivity index (χ2n) is 6.07. The Hall–Kier alpha value is -0.830. The van der Waals surface area contributed by atoms with Crippen molar-refractivity contribution in [1.29, 1.82) is 0 Å². The molecule has 0 saturated heterocycles. The lowest BCUT2D eigenvalue weighted by atomic mass is 9.88. The fraction of sp³-hybridized carbons (Fsp3) is 0.562. The second-order valence-corrected chi connectivity index (χ2v) is 6.92. The van der Waals surface area contributed by atoms with Crippen LogP contribution in [0.5, 0.6) is 0 Å². The molecule has 102 valence electrons. The zero-order chi connectivity index (χ0) is 13.4. The zero-order valence-corrected chi connectivity index (χ0v) is 12.9. The smallest absolute Gasteiger partial charge is 0.226 e. The van der Waals surface area contributed by atoms with Crippen LogP contribution in [0.2, 0.25) is 0 Å². The highest BCUT2D eigenvalue weighted by Gasteiger charge is 2.43. The number of hydrogen-bond acceptors (Lipinski definition) is 1. The molecule has 0 N–H and O–H groups in total. The standard InChI is InChI=1S/C16H20BrNO/c1-18(10-13-4-2-3-5-15(13)17)16(19)14-9-11-6-7-12(14)8-11/h2-5,11-12,14H,6-10H2,1H3. The molecule has 2 saturated carbocycles. The molecule has 1 aromatic rings. The average molecular weight is 322 g/mol. The summed E-state index contributed by atoms with van der Waals surface area (Å²) >= 11 is 3.55. The van der Waals surface area contributed by atoms with Gasteiger partial charge in [-0.25, -0.2) is 0 Å². The number of amides is 1. The summed E-state index contributed by atoms with van der Waals surface area (Å²) in [5, 5.41) is 0. The Labute approximate surface area is 123 Å². The van der Waals surface area contributed by atoms with Crippen LogP contribution in [-0.4, -0.2) is 17.9 Å². The topological polar surface area (TPSA) is 20.3 Å². The number of carbonyl (C=O) groups is 1. The minimum atomic E-state index is 0.297. The van der Waals surface area contributed by atoms with E-state index < -0.39 is 0 Å². The highest BCUT2D eigenvalue weighted by molar-refractivity contribution is 9.10. The summed E-state index contributed by atoms with van der Waals surface area (Å²) in [6.45, 7) is 0.703. The monoisotopic (exact) mass is 321 g/mol. The van der Waals surface area contributed by atoms with Crippen molar-refractivity contribution in [2.24, 2.45) is 17.8 Å². The molecule has 0 radical (unpaired) electrons. The van der Waals surface area contributed by atoms with Crippen molar-refractivity contribution in [2.45, 2.75) is 32.2 Å². The van der Waals surface area contributed by atoms with Crippen molar-refractivity contribution >= 4 is 21.8 Å². The fourth-order valence-electron chi connectivity index (χ4n) is 3.79. The van der Waals surface area contributed by atoms with E-state index in [4.69, 9.17) is 0 Å². The van der Waals surface area contributed by atoms with Gasteiger partial charge in [-0.15, -0.1) is 0 Å². The Kier molecular flexibility index (Phi) is 3.66. The lowest BCUT2D eigenvalue weighted by Crippen LogP contribution is -2.35. The Morgan fingerprint density at radius 1 is 1.32 bits per heavy atom. The summed E-state index contributed by atoms with van der Waals surface area (Å²) in [4.78, 5) is 14.5. The molecule has 0 aliphatic heterocycles. The molecule has 3 unspecified atom stereocenters. The van der Waals surface area contributed by atoms with E-state index in [-0.39, 0.29) is 0 Å². The third-order valence-corrected chi connectivity index (χ3v) is 5.57. The molecular weight excluding hydrogens is 302 g/mol. The van der Waals surface area contributed by atoms with Gasteiger partial charge in [0.05, 0.1) is 0 Å². The predicted octanol–water partition coefficient (Wildman–Crippen LogP) is 3.84. The first kappa shape index (κ1) is 13.2. The van der Waals surface area contributed by atoms with Crippen molar-refractivity contribution in [3.63, 3.8) is 0 Å². The van der Waals surface area contributed by atoms with E-state index in [0.29, 0.717) is 24.3 Å². The van der Waals surface area contributed by atoms with E-state index in [1.165, 1.54) is 24.8 Å². The van der Waals surface area contributed by atoms with E-state index in [1.807, 2.05) is 30.1 Å². The molecule has 0 spiro atoms. The van der Waals surface area contributed by atoms with E-state index in [9.17, 15) is 4.79 Å². The zero-order valence-electron chi connectivity index (χ0n) is 11.3. The molecule has 2 aliphatic carbocycles. The molecule has 3 atom stereocenters. The van der Waals surface area contributed by atoms with Gasteiger partial charge in [-0.1, -0.05) is 40.5 Å². The van der Waals surface area contributed by atoms with Crippen LogP contribution in [0.25, 0.3) is 0 Å². The molecule has 2 nitrogen and oxygen atoms in total. The quantitative estimate of drug-likeness (QED) is 0.828. The second kappa shape index (κ2) is 5.28. The Morgan fingerprint density at radius 3 is 2.74 bits per heavy atom. The summed E-state index contributed by atoms with van der Waals surface area (Å²) in [6, 6.07) is 8.14. The first-order valence-electron chi connectivity index (χ1n) is 7.13. The maximum atomic E-state index is 12.6. The van der Waals surface area contributed by atoms with Crippen LogP contribution >= 0.6 is 15.9 Å². The lowest BCUT2D eigenvalue weighted by Gasteiger charge is -2.27. The van der Waals surface area contributed by atoms with Gasteiger partial charge in [-0.05, 0) is 42.7 Å². The maximum Gasteiger partial charge on any atom is 0.226 e. The van der Waals surface area contributed by atoms with E-state index in [1.54, 1.807) is 0 Å². The van der Waals surface area contributed by atoms with E-state index in [2.05, 4.69) is 22.0 Å². The number of hydrogen-bond donors (Lipinski definition) is 0. The first-order valence-corrected chi connectivity index (χ1v) is 7.93. The van der Waals surface area contributed by atoms with Gasteiger partial charge in [0.15, 0.2) is 0 Å². The summed E-state index contributed by atoms with van der Waals surface area (Å²) < 4.78 is 1.09. The molecule has 19 heavy (non-hydrogen) atoms. The van der Waals surface area contributed by atoms with Crippen molar-refractivity contribution < 1.29 is 4.79 Å². The highest BCUT2D eigenvalue weighted by Crippen LogP contribution is 2.48. The largest absolute Gasteiger partial charge is 0.341 e. The van der Waals surface area contributed by atoms with Crippen molar-refractivity contribution in [3.8, 4) is 0 Å². The van der Waals surface area contributed by atoms with E-state index >= 15 is 0 Å². The molecule has 0 heterocycles. The maximum absolute atomic E-state index is 12.6. The summed E-state index contributed by atoms with van der Waals surface area (Å²) in [5.74, 6) is 2.14. The average Bonchev–Trinajstić information content (AvgIpc) is 3.03. The van der Waals surface area contributed by atoms with Crippen molar-refractivity contribution in [1.82, 2.24) is 4.90 Å². The predicted molar refractivity (Wildman–Crippen MR) is 79.6 cm³/mol. The molecule has 1 amide bonds. The fourth-order valence-corrected chi connectivity index (χ4v) is 4.20. The highest BCUT2D eigenvalue weighted by atomic mass is 79.9. The van der Waals surface area contributed by atoms with Gasteiger partial charge in [0.25, 0.3) is 0 Å².